The second-order valence-electron chi connectivity index (χ2n) is 6.02. The molecule has 0 spiro atoms. The first-order valence-electron chi connectivity index (χ1n) is 8.21. The number of hydrogen-bond donors (Lipinski definition) is 1. The van der Waals surface area contributed by atoms with Gasteiger partial charge in [0.1, 0.15) is 0 Å². The van der Waals surface area contributed by atoms with Crippen molar-refractivity contribution in [3.05, 3.63) is 45.4 Å². The summed E-state index contributed by atoms with van der Waals surface area (Å²) in [6.07, 6.45) is 2.83. The van der Waals surface area contributed by atoms with Gasteiger partial charge in [-0.3, -0.25) is 9.59 Å². The van der Waals surface area contributed by atoms with Gasteiger partial charge in [0.2, 0.25) is 5.91 Å². The Morgan fingerprint density at radius 1 is 1.32 bits per heavy atom. The smallest absolute Gasteiger partial charge is 0.311 e. The van der Waals surface area contributed by atoms with Gasteiger partial charge >= 0.3 is 5.97 Å². The average Bonchev–Trinajstić information content (AvgIpc) is 2.95. The van der Waals surface area contributed by atoms with Crippen LogP contribution in [0.1, 0.15) is 37.4 Å². The van der Waals surface area contributed by atoms with Crippen LogP contribution < -0.4 is 5.32 Å². The third-order valence-corrected chi connectivity index (χ3v) is 5.78. The van der Waals surface area contributed by atoms with Crippen LogP contribution in [-0.4, -0.2) is 23.5 Å². The predicted octanol–water partition coefficient (Wildman–Crippen LogP) is 4.07. The lowest BCUT2D eigenvalue weighted by Crippen LogP contribution is -2.46. The fourth-order valence-electron chi connectivity index (χ4n) is 2.97. The first-order chi connectivity index (χ1) is 12.0. The highest BCUT2D eigenvalue weighted by atomic mass is 79.9. The molecule has 0 radical (unpaired) electrons. The van der Waals surface area contributed by atoms with Crippen molar-refractivity contribution < 1.29 is 14.3 Å². The fraction of sp³-hybridized carbons (Fsp3) is 0.389. The number of esters is 1. The third kappa shape index (κ3) is 3.93. The van der Waals surface area contributed by atoms with E-state index in [-0.39, 0.29) is 18.3 Å². The van der Waals surface area contributed by atoms with E-state index < -0.39 is 5.41 Å². The van der Waals surface area contributed by atoms with Crippen LogP contribution in [0.15, 0.2) is 34.1 Å². The second-order valence-corrected chi connectivity index (χ2v) is 7.80. The van der Waals surface area contributed by atoms with Crippen LogP contribution in [0.4, 0.5) is 5.13 Å². The number of halogens is 1. The van der Waals surface area contributed by atoms with E-state index in [0.29, 0.717) is 17.4 Å². The van der Waals surface area contributed by atoms with Gasteiger partial charge in [-0.05, 0) is 37.5 Å². The highest BCUT2D eigenvalue weighted by Crippen LogP contribution is 2.45. The topological polar surface area (TPSA) is 68.3 Å². The summed E-state index contributed by atoms with van der Waals surface area (Å²) < 4.78 is 5.91. The van der Waals surface area contributed by atoms with E-state index in [1.807, 2.05) is 24.3 Å². The van der Waals surface area contributed by atoms with Gasteiger partial charge in [-0.15, -0.1) is 11.3 Å². The summed E-state index contributed by atoms with van der Waals surface area (Å²) in [6, 6.07) is 7.92. The number of thiazole rings is 1. The predicted molar refractivity (Wildman–Crippen MR) is 101 cm³/mol. The molecule has 1 aromatic heterocycles. The maximum Gasteiger partial charge on any atom is 0.311 e. The number of ether oxygens (including phenoxy) is 1. The molecule has 0 unspecified atom stereocenters. The van der Waals surface area contributed by atoms with Crippen LogP contribution in [0.2, 0.25) is 0 Å². The summed E-state index contributed by atoms with van der Waals surface area (Å²) in [5.74, 6) is -0.339. The Morgan fingerprint density at radius 3 is 2.64 bits per heavy atom. The van der Waals surface area contributed by atoms with Crippen LogP contribution in [0.25, 0.3) is 0 Å². The molecule has 1 amide bonds. The molecular formula is C18H19BrN2O3S. The molecule has 25 heavy (non-hydrogen) atoms. The number of benzene rings is 1. The third-order valence-electron chi connectivity index (χ3n) is 4.44. The molecule has 132 valence electrons. The number of carbonyl (C=O) groups is 2. The number of aromatic nitrogens is 1. The summed E-state index contributed by atoms with van der Waals surface area (Å²) in [4.78, 5) is 28.7. The summed E-state index contributed by atoms with van der Waals surface area (Å²) >= 11 is 4.76. The molecule has 5 nitrogen and oxygen atoms in total. The lowest BCUT2D eigenvalue weighted by atomic mass is 9.64. The molecule has 0 bridgehead atoms. The maximum atomic E-state index is 12.9. The van der Waals surface area contributed by atoms with E-state index in [1.54, 1.807) is 12.3 Å². The van der Waals surface area contributed by atoms with Crippen LogP contribution in [0.3, 0.4) is 0 Å². The van der Waals surface area contributed by atoms with Crippen molar-refractivity contribution >= 4 is 44.3 Å². The SMILES string of the molecule is CCOC(=O)Cc1csc(NC(=O)C2(c3ccc(Br)cc3)CCC2)n1. The first kappa shape index (κ1) is 18.1. The van der Waals surface area contributed by atoms with Crippen LogP contribution in [0.5, 0.6) is 0 Å². The second kappa shape index (κ2) is 7.66. The number of rotatable bonds is 6. The Hall–Kier alpha value is -1.73. The van der Waals surface area contributed by atoms with E-state index in [2.05, 4.69) is 26.2 Å². The molecule has 1 aliphatic rings. The number of amides is 1. The maximum absolute atomic E-state index is 12.9. The number of anilines is 1. The van der Waals surface area contributed by atoms with Gasteiger partial charge in [0.15, 0.2) is 5.13 Å². The fourth-order valence-corrected chi connectivity index (χ4v) is 3.94. The summed E-state index contributed by atoms with van der Waals surface area (Å²) in [6.45, 7) is 2.12. The molecule has 1 aromatic carbocycles. The molecule has 7 heteroatoms. The first-order valence-corrected chi connectivity index (χ1v) is 9.88. The van der Waals surface area contributed by atoms with Crippen molar-refractivity contribution in [2.24, 2.45) is 0 Å². The number of nitrogens with one attached hydrogen (secondary N) is 1. The summed E-state index contributed by atoms with van der Waals surface area (Å²) in [5.41, 5.74) is 1.17. The highest BCUT2D eigenvalue weighted by molar-refractivity contribution is 9.10. The monoisotopic (exact) mass is 422 g/mol. The standard InChI is InChI=1S/C18H19BrN2O3S/c1-2-24-15(22)10-14-11-25-17(20-14)21-16(23)18(8-3-9-18)12-4-6-13(19)7-5-12/h4-7,11H,2-3,8-10H2,1H3,(H,20,21,23). The van der Waals surface area contributed by atoms with E-state index >= 15 is 0 Å². The van der Waals surface area contributed by atoms with Gasteiger partial charge in [-0.25, -0.2) is 4.98 Å². The van der Waals surface area contributed by atoms with Crippen molar-refractivity contribution in [2.75, 3.05) is 11.9 Å². The van der Waals surface area contributed by atoms with Gasteiger partial charge in [0, 0.05) is 9.85 Å². The Bertz CT molecular complexity index is 769. The normalized spacial score (nSPS) is 15.3. The molecule has 1 N–H and O–H groups in total. The van der Waals surface area contributed by atoms with Gasteiger partial charge in [0.25, 0.3) is 0 Å². The minimum Gasteiger partial charge on any atom is -0.466 e. The minimum absolute atomic E-state index is 0.0295. The lowest BCUT2D eigenvalue weighted by Gasteiger charge is -2.40. The molecule has 0 saturated heterocycles. The number of carbonyl (C=O) groups excluding carboxylic acids is 2. The van der Waals surface area contributed by atoms with Gasteiger partial charge < -0.3 is 10.1 Å². The largest absolute Gasteiger partial charge is 0.466 e. The summed E-state index contributed by atoms with van der Waals surface area (Å²) in [5, 5.41) is 5.23. The van der Waals surface area contributed by atoms with E-state index in [0.717, 1.165) is 29.3 Å². The van der Waals surface area contributed by atoms with E-state index in [1.165, 1.54) is 11.3 Å². The average molecular weight is 423 g/mol. The molecule has 3 rings (SSSR count). The molecule has 2 aromatic rings. The highest BCUT2D eigenvalue weighted by Gasteiger charge is 2.45. The van der Waals surface area contributed by atoms with Gasteiger partial charge in [0.05, 0.1) is 24.1 Å². The molecule has 0 atom stereocenters. The van der Waals surface area contributed by atoms with Crippen molar-refractivity contribution in [1.29, 1.82) is 0 Å². The Balaban J connectivity index is 1.70. The quantitative estimate of drug-likeness (QED) is 0.712. The summed E-state index contributed by atoms with van der Waals surface area (Å²) in [7, 11) is 0. The zero-order valence-electron chi connectivity index (χ0n) is 13.9. The minimum atomic E-state index is -0.478. The van der Waals surface area contributed by atoms with Crippen LogP contribution in [0, 0.1) is 0 Å². The Morgan fingerprint density at radius 2 is 2.04 bits per heavy atom. The number of hydrogen-bond acceptors (Lipinski definition) is 5. The van der Waals surface area contributed by atoms with Gasteiger partial charge in [-0.2, -0.15) is 0 Å². The molecular weight excluding hydrogens is 404 g/mol. The molecule has 1 aliphatic carbocycles. The van der Waals surface area contributed by atoms with Crippen LogP contribution in [-0.2, 0) is 26.2 Å². The number of nitrogens with zero attached hydrogens (tertiary/aromatic N) is 1. The zero-order chi connectivity index (χ0) is 17.9. The van der Waals surface area contributed by atoms with Gasteiger partial charge in [-0.1, -0.05) is 34.5 Å². The van der Waals surface area contributed by atoms with Crippen molar-refractivity contribution in [3.63, 3.8) is 0 Å². The molecule has 0 aliphatic heterocycles. The van der Waals surface area contributed by atoms with E-state index in [9.17, 15) is 9.59 Å². The molecule has 1 fully saturated rings. The molecule has 1 heterocycles. The van der Waals surface area contributed by atoms with Crippen LogP contribution >= 0.6 is 27.3 Å². The van der Waals surface area contributed by atoms with Crippen molar-refractivity contribution in [1.82, 2.24) is 4.98 Å². The Labute approximate surface area is 158 Å². The van der Waals surface area contributed by atoms with Crippen molar-refractivity contribution in [3.8, 4) is 0 Å². The van der Waals surface area contributed by atoms with Crippen molar-refractivity contribution in [2.45, 2.75) is 38.0 Å². The van der Waals surface area contributed by atoms with E-state index in [4.69, 9.17) is 4.74 Å². The lowest BCUT2D eigenvalue weighted by molar-refractivity contribution is -0.142. The Kier molecular flexibility index (Phi) is 5.54. The molecule has 1 saturated carbocycles. The zero-order valence-corrected chi connectivity index (χ0v) is 16.3.